The number of aromatic nitrogens is 1. The van der Waals surface area contributed by atoms with Crippen molar-refractivity contribution in [3.8, 4) is 10.6 Å². The van der Waals surface area contributed by atoms with Gasteiger partial charge >= 0.3 is 0 Å². The molecule has 2 aromatic heterocycles. The van der Waals surface area contributed by atoms with Crippen LogP contribution in [0, 0.1) is 6.92 Å². The van der Waals surface area contributed by atoms with Gasteiger partial charge in [-0.3, -0.25) is 0 Å². The molecule has 0 atom stereocenters. The number of thiophene rings is 1. The number of anilines is 1. The van der Waals surface area contributed by atoms with Crippen molar-refractivity contribution in [2.75, 3.05) is 5.73 Å². The smallest absolute Gasteiger partial charge is 0.222 e. The van der Waals surface area contributed by atoms with Gasteiger partial charge in [-0.2, -0.15) is 0 Å². The third-order valence-electron chi connectivity index (χ3n) is 1.64. The quantitative estimate of drug-likeness (QED) is 0.856. The third-order valence-corrected chi connectivity index (χ3v) is 3.80. The molecule has 0 radical (unpaired) electrons. The summed E-state index contributed by atoms with van der Waals surface area (Å²) in [7, 11) is 0. The first kappa shape index (κ1) is 8.77. The molecule has 0 bridgehead atoms. The van der Waals surface area contributed by atoms with Crippen LogP contribution in [0.1, 0.15) is 5.56 Å². The summed E-state index contributed by atoms with van der Waals surface area (Å²) in [5.74, 6) is 0.345. The highest BCUT2D eigenvalue weighted by atomic mass is 79.9. The zero-order chi connectivity index (χ0) is 9.42. The molecule has 0 aromatic carbocycles. The Kier molecular flexibility index (Phi) is 2.13. The molecular weight excluding hydrogens is 252 g/mol. The van der Waals surface area contributed by atoms with E-state index in [2.05, 4.69) is 21.1 Å². The van der Waals surface area contributed by atoms with Gasteiger partial charge in [-0.25, -0.2) is 0 Å². The van der Waals surface area contributed by atoms with Crippen LogP contribution in [0.15, 0.2) is 20.4 Å². The molecule has 0 saturated heterocycles. The van der Waals surface area contributed by atoms with Gasteiger partial charge in [-0.05, 0) is 34.5 Å². The number of halogens is 1. The average Bonchev–Trinajstić information content (AvgIpc) is 2.61. The number of hydrogen-bond acceptors (Lipinski definition) is 4. The lowest BCUT2D eigenvalue weighted by atomic mass is 10.3. The van der Waals surface area contributed by atoms with Crippen molar-refractivity contribution in [2.45, 2.75) is 6.92 Å². The van der Waals surface area contributed by atoms with Crippen LogP contribution >= 0.6 is 27.3 Å². The first-order valence-electron chi connectivity index (χ1n) is 3.65. The number of nitrogen functional groups attached to an aromatic ring is 1. The van der Waals surface area contributed by atoms with Gasteiger partial charge in [0.1, 0.15) is 5.69 Å². The summed E-state index contributed by atoms with van der Waals surface area (Å²) in [6.07, 6.45) is 0. The van der Waals surface area contributed by atoms with Crippen molar-refractivity contribution in [3.05, 3.63) is 21.5 Å². The largest absolute Gasteiger partial charge is 0.368 e. The van der Waals surface area contributed by atoms with Gasteiger partial charge in [0.15, 0.2) is 0 Å². The molecule has 2 rings (SSSR count). The first-order chi connectivity index (χ1) is 6.16. The highest BCUT2D eigenvalue weighted by molar-refractivity contribution is 9.11. The minimum atomic E-state index is 0.345. The highest BCUT2D eigenvalue weighted by Gasteiger charge is 2.08. The van der Waals surface area contributed by atoms with Crippen LogP contribution in [-0.4, -0.2) is 5.16 Å². The van der Waals surface area contributed by atoms with Crippen LogP contribution < -0.4 is 5.73 Å². The maximum atomic E-state index is 5.42. The van der Waals surface area contributed by atoms with Crippen LogP contribution in [-0.2, 0) is 0 Å². The van der Waals surface area contributed by atoms with E-state index in [9.17, 15) is 0 Å². The van der Waals surface area contributed by atoms with Crippen molar-refractivity contribution in [1.29, 1.82) is 0 Å². The second-order valence-electron chi connectivity index (χ2n) is 2.68. The molecule has 0 unspecified atom stereocenters. The first-order valence-corrected chi connectivity index (χ1v) is 5.26. The van der Waals surface area contributed by atoms with Gasteiger partial charge in [-0.1, -0.05) is 5.16 Å². The second kappa shape index (κ2) is 3.16. The van der Waals surface area contributed by atoms with Gasteiger partial charge in [0.25, 0.3) is 0 Å². The van der Waals surface area contributed by atoms with E-state index in [0.29, 0.717) is 5.88 Å². The molecule has 0 aliphatic carbocycles. The van der Waals surface area contributed by atoms with Crippen molar-refractivity contribution in [3.63, 3.8) is 0 Å². The Balaban J connectivity index is 2.46. The van der Waals surface area contributed by atoms with Gasteiger partial charge in [0.2, 0.25) is 5.88 Å². The van der Waals surface area contributed by atoms with Crippen molar-refractivity contribution in [1.82, 2.24) is 5.16 Å². The van der Waals surface area contributed by atoms with Gasteiger partial charge in [0.05, 0.1) is 8.66 Å². The molecule has 0 saturated carbocycles. The third kappa shape index (κ3) is 1.62. The standard InChI is InChI=1S/C8H7BrN2OS/c1-4-2-6(13-8(4)9)5-3-7(10)12-11-5/h2-3H,10H2,1H3. The molecule has 5 heteroatoms. The number of rotatable bonds is 1. The summed E-state index contributed by atoms with van der Waals surface area (Å²) < 4.78 is 5.90. The monoisotopic (exact) mass is 258 g/mol. The Hall–Kier alpha value is -0.810. The van der Waals surface area contributed by atoms with Crippen molar-refractivity contribution in [2.24, 2.45) is 0 Å². The molecule has 2 aromatic rings. The minimum Gasteiger partial charge on any atom is -0.368 e. The Bertz CT molecular complexity index is 416. The van der Waals surface area contributed by atoms with E-state index < -0.39 is 0 Å². The molecule has 2 N–H and O–H groups in total. The lowest BCUT2D eigenvalue weighted by Crippen LogP contribution is -1.75. The molecule has 13 heavy (non-hydrogen) atoms. The van der Waals surface area contributed by atoms with Gasteiger partial charge in [0, 0.05) is 6.07 Å². The zero-order valence-electron chi connectivity index (χ0n) is 6.87. The molecule has 0 aliphatic rings. The average molecular weight is 259 g/mol. The molecule has 0 aliphatic heterocycles. The Morgan fingerprint density at radius 3 is 2.77 bits per heavy atom. The fourth-order valence-corrected chi connectivity index (χ4v) is 2.48. The SMILES string of the molecule is Cc1cc(-c2cc(N)on2)sc1Br. The van der Waals surface area contributed by atoms with Gasteiger partial charge in [-0.15, -0.1) is 11.3 Å². The molecule has 0 amide bonds. The maximum absolute atomic E-state index is 5.42. The van der Waals surface area contributed by atoms with E-state index in [0.717, 1.165) is 14.4 Å². The molecule has 3 nitrogen and oxygen atoms in total. The van der Waals surface area contributed by atoms with E-state index in [1.54, 1.807) is 17.4 Å². The molecule has 68 valence electrons. The van der Waals surface area contributed by atoms with E-state index >= 15 is 0 Å². The fourth-order valence-electron chi connectivity index (χ4n) is 0.992. The van der Waals surface area contributed by atoms with Crippen LogP contribution in [0.4, 0.5) is 5.88 Å². The predicted molar refractivity (Wildman–Crippen MR) is 56.7 cm³/mol. The normalized spacial score (nSPS) is 10.6. The lowest BCUT2D eigenvalue weighted by molar-refractivity contribution is 0.439. The molecule has 0 spiro atoms. The summed E-state index contributed by atoms with van der Waals surface area (Å²) in [5, 5.41) is 3.83. The van der Waals surface area contributed by atoms with E-state index in [4.69, 9.17) is 10.3 Å². The van der Waals surface area contributed by atoms with Crippen molar-refractivity contribution >= 4 is 33.2 Å². The van der Waals surface area contributed by atoms with Crippen LogP contribution in [0.3, 0.4) is 0 Å². The van der Waals surface area contributed by atoms with Crippen LogP contribution in [0.25, 0.3) is 10.6 Å². The summed E-state index contributed by atoms with van der Waals surface area (Å²) in [4.78, 5) is 1.06. The predicted octanol–water partition coefficient (Wildman–Crippen LogP) is 3.06. The second-order valence-corrected chi connectivity index (χ2v) is 5.05. The fraction of sp³-hybridized carbons (Fsp3) is 0.125. The summed E-state index contributed by atoms with van der Waals surface area (Å²) in [6, 6.07) is 3.77. The van der Waals surface area contributed by atoms with Crippen LogP contribution in [0.2, 0.25) is 0 Å². The number of aryl methyl sites for hydroxylation is 1. The highest BCUT2D eigenvalue weighted by Crippen LogP contribution is 2.34. The van der Waals surface area contributed by atoms with E-state index in [1.165, 1.54) is 5.56 Å². The van der Waals surface area contributed by atoms with E-state index in [1.807, 2.05) is 13.0 Å². The summed E-state index contributed by atoms with van der Waals surface area (Å²) in [6.45, 7) is 2.04. The molecule has 0 fully saturated rings. The number of hydrogen-bond donors (Lipinski definition) is 1. The summed E-state index contributed by atoms with van der Waals surface area (Å²) >= 11 is 5.07. The Morgan fingerprint density at radius 2 is 2.31 bits per heavy atom. The minimum absolute atomic E-state index is 0.345. The topological polar surface area (TPSA) is 52.0 Å². The molecule has 2 heterocycles. The summed E-state index contributed by atoms with van der Waals surface area (Å²) in [5.41, 5.74) is 7.41. The van der Waals surface area contributed by atoms with E-state index in [-0.39, 0.29) is 0 Å². The number of nitrogens with zero attached hydrogens (tertiary/aromatic N) is 1. The number of nitrogens with two attached hydrogens (primary N) is 1. The van der Waals surface area contributed by atoms with Crippen molar-refractivity contribution < 1.29 is 4.52 Å². The Labute approximate surface area is 87.7 Å². The maximum Gasteiger partial charge on any atom is 0.222 e. The van der Waals surface area contributed by atoms with Gasteiger partial charge < -0.3 is 10.3 Å². The Morgan fingerprint density at radius 1 is 1.54 bits per heavy atom. The zero-order valence-corrected chi connectivity index (χ0v) is 9.28. The lowest BCUT2D eigenvalue weighted by Gasteiger charge is -1.82. The van der Waals surface area contributed by atoms with Crippen LogP contribution in [0.5, 0.6) is 0 Å². The molecular formula is C8H7BrN2OS.